The third-order valence-electron chi connectivity index (χ3n) is 1.73. The summed E-state index contributed by atoms with van der Waals surface area (Å²) in [5, 5.41) is 2.93. The van der Waals surface area contributed by atoms with Crippen molar-refractivity contribution in [2.24, 2.45) is 5.18 Å². The standard InChI is InChI=1S/C9H15NO/c1-5-7(2)6-8(3)9(4)10-11/h5-6,9H,1-4H3/b7-5-,8-6-. The molecule has 0 fully saturated rings. The van der Waals surface area contributed by atoms with E-state index in [0.29, 0.717) is 0 Å². The first kappa shape index (κ1) is 10.1. The van der Waals surface area contributed by atoms with Gasteiger partial charge in [-0.2, -0.15) is 4.91 Å². The summed E-state index contributed by atoms with van der Waals surface area (Å²) in [6.45, 7) is 7.68. The minimum Gasteiger partial charge on any atom is -0.150 e. The fraction of sp³-hybridized carbons (Fsp3) is 0.556. The van der Waals surface area contributed by atoms with Crippen LogP contribution in [0.15, 0.2) is 28.5 Å². The Morgan fingerprint density at radius 2 is 2.00 bits per heavy atom. The summed E-state index contributed by atoms with van der Waals surface area (Å²) in [6, 6.07) is -0.204. The number of nitrogens with zero attached hydrogens (tertiary/aromatic N) is 1. The van der Waals surface area contributed by atoms with Crippen molar-refractivity contribution in [2.45, 2.75) is 33.7 Å². The molecule has 1 atom stereocenters. The Morgan fingerprint density at radius 1 is 1.45 bits per heavy atom. The van der Waals surface area contributed by atoms with Crippen LogP contribution in [-0.4, -0.2) is 6.04 Å². The zero-order chi connectivity index (χ0) is 8.85. The van der Waals surface area contributed by atoms with Crippen LogP contribution in [0.2, 0.25) is 0 Å². The lowest BCUT2D eigenvalue weighted by Gasteiger charge is -2.01. The van der Waals surface area contributed by atoms with Crippen LogP contribution >= 0.6 is 0 Å². The highest BCUT2D eigenvalue weighted by Crippen LogP contribution is 2.08. The largest absolute Gasteiger partial charge is 0.150 e. The minimum atomic E-state index is -0.204. The van der Waals surface area contributed by atoms with E-state index in [4.69, 9.17) is 0 Å². The van der Waals surface area contributed by atoms with Crippen molar-refractivity contribution in [1.82, 2.24) is 0 Å². The van der Waals surface area contributed by atoms with Gasteiger partial charge in [-0.3, -0.25) is 0 Å². The first-order chi connectivity index (χ1) is 5.11. The fourth-order valence-corrected chi connectivity index (χ4v) is 0.646. The molecule has 0 spiro atoms. The molecule has 0 saturated heterocycles. The van der Waals surface area contributed by atoms with Gasteiger partial charge < -0.3 is 0 Å². The van der Waals surface area contributed by atoms with Crippen LogP contribution in [0.5, 0.6) is 0 Å². The maximum Gasteiger partial charge on any atom is 0.110 e. The van der Waals surface area contributed by atoms with Gasteiger partial charge in [0.25, 0.3) is 0 Å². The first-order valence-electron chi connectivity index (χ1n) is 3.75. The lowest BCUT2D eigenvalue weighted by atomic mass is 10.1. The van der Waals surface area contributed by atoms with Gasteiger partial charge in [0.1, 0.15) is 6.04 Å². The Hall–Kier alpha value is -0.920. The molecule has 1 unspecified atom stereocenters. The number of hydrogen-bond donors (Lipinski definition) is 0. The predicted molar refractivity (Wildman–Crippen MR) is 48.4 cm³/mol. The van der Waals surface area contributed by atoms with E-state index in [0.717, 1.165) is 11.1 Å². The van der Waals surface area contributed by atoms with E-state index >= 15 is 0 Å². The molecule has 0 amide bonds. The van der Waals surface area contributed by atoms with Crippen LogP contribution in [0.1, 0.15) is 27.7 Å². The van der Waals surface area contributed by atoms with Crippen LogP contribution in [0.3, 0.4) is 0 Å². The third-order valence-corrected chi connectivity index (χ3v) is 1.73. The van der Waals surface area contributed by atoms with Crippen LogP contribution in [-0.2, 0) is 0 Å². The molecule has 0 radical (unpaired) electrons. The molecular weight excluding hydrogens is 138 g/mol. The molecule has 2 heteroatoms. The Balaban J connectivity index is 4.32. The molecular formula is C9H15NO. The average molecular weight is 153 g/mol. The smallest absolute Gasteiger partial charge is 0.110 e. The van der Waals surface area contributed by atoms with E-state index in [1.807, 2.05) is 32.9 Å². The lowest BCUT2D eigenvalue weighted by molar-refractivity contribution is 0.852. The number of allylic oxidation sites excluding steroid dienone is 3. The zero-order valence-corrected chi connectivity index (χ0v) is 7.59. The van der Waals surface area contributed by atoms with Crippen LogP contribution < -0.4 is 0 Å². The molecule has 11 heavy (non-hydrogen) atoms. The van der Waals surface area contributed by atoms with E-state index in [-0.39, 0.29) is 6.04 Å². The Morgan fingerprint density at radius 3 is 2.36 bits per heavy atom. The molecule has 0 aromatic rings. The van der Waals surface area contributed by atoms with E-state index in [2.05, 4.69) is 5.18 Å². The van der Waals surface area contributed by atoms with Gasteiger partial charge in [0.15, 0.2) is 0 Å². The molecule has 2 nitrogen and oxygen atoms in total. The quantitative estimate of drug-likeness (QED) is 0.452. The average Bonchev–Trinajstić information content (AvgIpc) is 2.02. The molecule has 62 valence electrons. The highest BCUT2D eigenvalue weighted by atomic mass is 16.3. The minimum absolute atomic E-state index is 0.204. The van der Waals surface area contributed by atoms with E-state index in [9.17, 15) is 4.91 Å². The first-order valence-corrected chi connectivity index (χ1v) is 3.75. The molecule has 0 bridgehead atoms. The molecule has 0 aliphatic rings. The molecule has 0 rings (SSSR count). The van der Waals surface area contributed by atoms with E-state index < -0.39 is 0 Å². The van der Waals surface area contributed by atoms with Gasteiger partial charge >= 0.3 is 0 Å². The van der Waals surface area contributed by atoms with E-state index in [1.165, 1.54) is 0 Å². The summed E-state index contributed by atoms with van der Waals surface area (Å²) < 4.78 is 0. The monoisotopic (exact) mass is 153 g/mol. The van der Waals surface area contributed by atoms with Gasteiger partial charge in [-0.15, -0.1) is 0 Å². The molecule has 0 saturated carbocycles. The number of hydrogen-bond acceptors (Lipinski definition) is 2. The Labute approximate surface area is 68.0 Å². The van der Waals surface area contributed by atoms with Crippen molar-refractivity contribution < 1.29 is 0 Å². The lowest BCUT2D eigenvalue weighted by Crippen LogP contribution is -1.97. The van der Waals surface area contributed by atoms with Crippen molar-refractivity contribution >= 4 is 0 Å². The van der Waals surface area contributed by atoms with Gasteiger partial charge in [0.05, 0.1) is 0 Å². The highest BCUT2D eigenvalue weighted by Gasteiger charge is 2.01. The van der Waals surface area contributed by atoms with E-state index in [1.54, 1.807) is 6.92 Å². The van der Waals surface area contributed by atoms with Crippen molar-refractivity contribution in [3.8, 4) is 0 Å². The second-order valence-electron chi connectivity index (χ2n) is 2.70. The molecule has 0 aromatic carbocycles. The molecule has 0 aliphatic heterocycles. The second-order valence-corrected chi connectivity index (χ2v) is 2.70. The van der Waals surface area contributed by atoms with Crippen LogP contribution in [0.25, 0.3) is 0 Å². The summed E-state index contributed by atoms with van der Waals surface area (Å²) in [4.78, 5) is 10.1. The molecule has 0 aliphatic carbocycles. The highest BCUT2D eigenvalue weighted by molar-refractivity contribution is 5.22. The second kappa shape index (κ2) is 4.83. The summed E-state index contributed by atoms with van der Waals surface area (Å²) in [6.07, 6.45) is 3.98. The fourth-order valence-electron chi connectivity index (χ4n) is 0.646. The van der Waals surface area contributed by atoms with Crippen molar-refractivity contribution in [3.63, 3.8) is 0 Å². The van der Waals surface area contributed by atoms with Gasteiger partial charge in [0, 0.05) is 0 Å². The predicted octanol–water partition coefficient (Wildman–Crippen LogP) is 3.05. The van der Waals surface area contributed by atoms with Crippen molar-refractivity contribution in [2.75, 3.05) is 0 Å². The summed E-state index contributed by atoms with van der Waals surface area (Å²) in [5.74, 6) is 0. The molecule has 0 aromatic heterocycles. The van der Waals surface area contributed by atoms with Crippen molar-refractivity contribution in [1.29, 1.82) is 0 Å². The third kappa shape index (κ3) is 3.71. The Kier molecular flexibility index (Phi) is 4.42. The summed E-state index contributed by atoms with van der Waals surface area (Å²) in [5.41, 5.74) is 2.17. The number of rotatable bonds is 3. The Bertz CT molecular complexity index is 192. The molecule has 0 N–H and O–H groups in total. The molecule has 0 heterocycles. The summed E-state index contributed by atoms with van der Waals surface area (Å²) in [7, 11) is 0. The van der Waals surface area contributed by atoms with Crippen molar-refractivity contribution in [3.05, 3.63) is 28.2 Å². The number of nitroso groups, excluding NO2 is 1. The van der Waals surface area contributed by atoms with Gasteiger partial charge in [-0.25, -0.2) is 0 Å². The topological polar surface area (TPSA) is 29.4 Å². The van der Waals surface area contributed by atoms with Crippen LogP contribution in [0.4, 0.5) is 0 Å². The van der Waals surface area contributed by atoms with Gasteiger partial charge in [-0.1, -0.05) is 22.9 Å². The van der Waals surface area contributed by atoms with Gasteiger partial charge in [0.2, 0.25) is 0 Å². The van der Waals surface area contributed by atoms with Gasteiger partial charge in [-0.05, 0) is 33.3 Å². The maximum absolute atomic E-state index is 10.1. The zero-order valence-electron chi connectivity index (χ0n) is 7.59. The van der Waals surface area contributed by atoms with Crippen LogP contribution in [0, 0.1) is 4.91 Å². The SMILES string of the molecule is C/C=C(C)\C=C(\C)C(C)N=O. The normalized spacial score (nSPS) is 16.4. The maximum atomic E-state index is 10.1. The summed E-state index contributed by atoms with van der Waals surface area (Å²) >= 11 is 0.